The highest BCUT2D eigenvalue weighted by Crippen LogP contribution is 2.23. The molecule has 138 valence electrons. The second-order valence-corrected chi connectivity index (χ2v) is 6.92. The van der Waals surface area contributed by atoms with Crippen molar-refractivity contribution in [2.75, 3.05) is 18.2 Å². The van der Waals surface area contributed by atoms with Gasteiger partial charge in [-0.25, -0.2) is 0 Å². The molecule has 6 heteroatoms. The van der Waals surface area contributed by atoms with Crippen molar-refractivity contribution >= 4 is 29.3 Å². The van der Waals surface area contributed by atoms with Gasteiger partial charge in [0.15, 0.2) is 6.10 Å². The number of hydrogen-bond acceptors (Lipinski definition) is 5. The van der Waals surface area contributed by atoms with Gasteiger partial charge in [-0.05, 0) is 56.7 Å². The van der Waals surface area contributed by atoms with Gasteiger partial charge in [0.05, 0.1) is 12.9 Å². The zero-order valence-electron chi connectivity index (χ0n) is 15.4. The summed E-state index contributed by atoms with van der Waals surface area (Å²) in [5.74, 6) is 0.0580. The summed E-state index contributed by atoms with van der Waals surface area (Å²) >= 11 is 1.41. The Kier molecular flexibility index (Phi) is 7.09. The molecule has 0 aliphatic carbocycles. The Morgan fingerprint density at radius 1 is 1.12 bits per heavy atom. The minimum absolute atomic E-state index is 0.157. The fraction of sp³-hybridized carbons (Fsp3) is 0.300. The van der Waals surface area contributed by atoms with Gasteiger partial charge in [-0.1, -0.05) is 17.7 Å². The molecule has 26 heavy (non-hydrogen) atoms. The van der Waals surface area contributed by atoms with Crippen LogP contribution in [0.2, 0.25) is 0 Å². The van der Waals surface area contributed by atoms with Gasteiger partial charge in [0.2, 0.25) is 0 Å². The average Bonchev–Trinajstić information content (AvgIpc) is 2.61. The van der Waals surface area contributed by atoms with Crippen molar-refractivity contribution in [3.8, 4) is 5.75 Å². The molecular weight excluding hydrogens is 350 g/mol. The van der Waals surface area contributed by atoms with Crippen LogP contribution >= 0.6 is 11.8 Å². The molecule has 1 amide bonds. The van der Waals surface area contributed by atoms with E-state index in [9.17, 15) is 9.59 Å². The Morgan fingerprint density at radius 2 is 1.81 bits per heavy atom. The minimum Gasteiger partial charge on any atom is -0.497 e. The van der Waals surface area contributed by atoms with E-state index in [-0.39, 0.29) is 11.7 Å². The van der Waals surface area contributed by atoms with Gasteiger partial charge in [-0.15, -0.1) is 11.8 Å². The van der Waals surface area contributed by atoms with Gasteiger partial charge in [-0.2, -0.15) is 0 Å². The first-order chi connectivity index (χ1) is 12.4. The molecule has 0 fully saturated rings. The number of carbonyl (C=O) groups is 2. The van der Waals surface area contributed by atoms with Crippen LogP contribution in [0.3, 0.4) is 0 Å². The van der Waals surface area contributed by atoms with Crippen molar-refractivity contribution in [1.29, 1.82) is 0 Å². The lowest BCUT2D eigenvalue weighted by Crippen LogP contribution is -2.30. The van der Waals surface area contributed by atoms with Gasteiger partial charge in [0.1, 0.15) is 5.75 Å². The lowest BCUT2D eigenvalue weighted by Gasteiger charge is -2.14. The Morgan fingerprint density at radius 3 is 2.42 bits per heavy atom. The maximum atomic E-state index is 12.1. The maximum absolute atomic E-state index is 12.1. The van der Waals surface area contributed by atoms with Crippen LogP contribution in [0.15, 0.2) is 47.4 Å². The maximum Gasteiger partial charge on any atom is 0.317 e. The van der Waals surface area contributed by atoms with E-state index in [1.165, 1.54) is 17.3 Å². The molecule has 1 N–H and O–H groups in total. The largest absolute Gasteiger partial charge is 0.497 e. The van der Waals surface area contributed by atoms with Crippen LogP contribution in [0, 0.1) is 13.8 Å². The summed E-state index contributed by atoms with van der Waals surface area (Å²) in [4.78, 5) is 25.2. The summed E-state index contributed by atoms with van der Waals surface area (Å²) in [7, 11) is 1.57. The molecule has 0 unspecified atom stereocenters. The number of aryl methyl sites for hydroxylation is 2. The zero-order valence-corrected chi connectivity index (χ0v) is 16.2. The number of esters is 1. The van der Waals surface area contributed by atoms with E-state index < -0.39 is 12.1 Å². The van der Waals surface area contributed by atoms with E-state index in [1.54, 1.807) is 38.3 Å². The summed E-state index contributed by atoms with van der Waals surface area (Å²) in [5, 5.41) is 2.71. The molecule has 2 aromatic carbocycles. The molecule has 2 aromatic rings. The Labute approximate surface area is 158 Å². The molecular formula is C20H23NO4S. The monoisotopic (exact) mass is 373 g/mol. The van der Waals surface area contributed by atoms with Crippen LogP contribution in [-0.2, 0) is 14.3 Å². The van der Waals surface area contributed by atoms with E-state index >= 15 is 0 Å². The van der Waals surface area contributed by atoms with Gasteiger partial charge in [-0.3, -0.25) is 9.59 Å². The predicted octanol–water partition coefficient (Wildman–Crippen LogP) is 3.97. The molecule has 0 heterocycles. The quantitative estimate of drug-likeness (QED) is 0.588. The number of benzene rings is 2. The lowest BCUT2D eigenvalue weighted by atomic mass is 10.2. The number of rotatable bonds is 7. The van der Waals surface area contributed by atoms with Crippen molar-refractivity contribution in [2.45, 2.75) is 31.8 Å². The molecule has 0 aliphatic rings. The smallest absolute Gasteiger partial charge is 0.317 e. The first-order valence-electron chi connectivity index (χ1n) is 8.23. The van der Waals surface area contributed by atoms with Crippen LogP contribution in [-0.4, -0.2) is 30.8 Å². The third-order valence-corrected chi connectivity index (χ3v) is 4.86. The highest BCUT2D eigenvalue weighted by Gasteiger charge is 2.18. The third kappa shape index (κ3) is 5.81. The van der Waals surface area contributed by atoms with Gasteiger partial charge >= 0.3 is 5.97 Å². The molecule has 0 aromatic heterocycles. The lowest BCUT2D eigenvalue weighted by molar-refractivity contribution is -0.150. The van der Waals surface area contributed by atoms with Crippen molar-refractivity contribution < 1.29 is 19.1 Å². The van der Waals surface area contributed by atoms with E-state index in [2.05, 4.69) is 11.4 Å². The number of ether oxygens (including phenoxy) is 2. The number of hydrogen-bond donors (Lipinski definition) is 1. The van der Waals surface area contributed by atoms with Gasteiger partial charge in [0.25, 0.3) is 5.91 Å². The molecule has 2 rings (SSSR count). The number of anilines is 1. The fourth-order valence-electron chi connectivity index (χ4n) is 2.30. The minimum atomic E-state index is -0.871. The second kappa shape index (κ2) is 9.29. The number of carbonyl (C=O) groups excluding carboxylic acids is 2. The third-order valence-electron chi connectivity index (χ3n) is 3.71. The van der Waals surface area contributed by atoms with Crippen molar-refractivity contribution in [3.63, 3.8) is 0 Å². The summed E-state index contributed by atoms with van der Waals surface area (Å²) in [6, 6.07) is 13.0. The molecule has 0 bridgehead atoms. The van der Waals surface area contributed by atoms with Crippen LogP contribution < -0.4 is 10.1 Å². The Balaban J connectivity index is 1.82. The normalized spacial score (nSPS) is 11.5. The molecule has 0 saturated carbocycles. The molecule has 0 spiro atoms. The number of thioether (sulfide) groups is 1. The summed E-state index contributed by atoms with van der Waals surface area (Å²) in [6.07, 6.45) is -0.871. The van der Waals surface area contributed by atoms with E-state index in [4.69, 9.17) is 9.47 Å². The average molecular weight is 373 g/mol. The predicted molar refractivity (Wildman–Crippen MR) is 104 cm³/mol. The molecule has 1 atom stereocenters. The van der Waals surface area contributed by atoms with Gasteiger partial charge in [0, 0.05) is 10.6 Å². The molecule has 0 aliphatic heterocycles. The van der Waals surface area contributed by atoms with E-state index in [1.807, 2.05) is 26.0 Å². The first-order valence-corrected chi connectivity index (χ1v) is 9.22. The van der Waals surface area contributed by atoms with Crippen LogP contribution in [0.4, 0.5) is 5.69 Å². The van der Waals surface area contributed by atoms with Crippen molar-refractivity contribution in [1.82, 2.24) is 0 Å². The number of methoxy groups -OCH3 is 1. The second-order valence-electron chi connectivity index (χ2n) is 5.91. The van der Waals surface area contributed by atoms with E-state index in [0.717, 1.165) is 10.5 Å². The van der Waals surface area contributed by atoms with Crippen molar-refractivity contribution in [2.24, 2.45) is 0 Å². The molecule has 5 nitrogen and oxygen atoms in total. The fourth-order valence-corrected chi connectivity index (χ4v) is 3.09. The molecule has 0 radical (unpaired) electrons. The Hall–Kier alpha value is -2.47. The first kappa shape index (κ1) is 19.8. The summed E-state index contributed by atoms with van der Waals surface area (Å²) in [5.41, 5.74) is 2.91. The van der Waals surface area contributed by atoms with Crippen LogP contribution in [0.25, 0.3) is 0 Å². The standard InChI is InChI=1S/C20H23NO4S/c1-13-5-10-18(14(2)11-13)26-12-19(22)25-15(3)20(23)21-16-6-8-17(24-4)9-7-16/h5-11,15H,12H2,1-4H3,(H,21,23)/t15-/m1/s1. The molecule has 0 saturated heterocycles. The number of nitrogens with one attached hydrogen (secondary N) is 1. The SMILES string of the molecule is COc1ccc(NC(=O)[C@@H](C)OC(=O)CSc2ccc(C)cc2C)cc1. The zero-order chi connectivity index (χ0) is 19.1. The Bertz CT molecular complexity index is 774. The summed E-state index contributed by atoms with van der Waals surface area (Å²) in [6.45, 7) is 5.59. The van der Waals surface area contributed by atoms with E-state index in [0.29, 0.717) is 11.4 Å². The topological polar surface area (TPSA) is 64.6 Å². The number of amides is 1. The van der Waals surface area contributed by atoms with Crippen LogP contribution in [0.1, 0.15) is 18.1 Å². The highest BCUT2D eigenvalue weighted by atomic mass is 32.2. The summed E-state index contributed by atoms with van der Waals surface area (Å²) < 4.78 is 10.3. The van der Waals surface area contributed by atoms with Crippen LogP contribution in [0.5, 0.6) is 5.75 Å². The highest BCUT2D eigenvalue weighted by molar-refractivity contribution is 8.00. The van der Waals surface area contributed by atoms with Gasteiger partial charge < -0.3 is 14.8 Å². The van der Waals surface area contributed by atoms with Crippen molar-refractivity contribution in [3.05, 3.63) is 53.6 Å².